The highest BCUT2D eigenvalue weighted by molar-refractivity contribution is 7.19. The monoisotopic (exact) mass is 374 g/mol. The number of para-hydroxylation sites is 1. The van der Waals surface area contributed by atoms with Crippen molar-refractivity contribution in [3.8, 4) is 11.3 Å². The van der Waals surface area contributed by atoms with Crippen LogP contribution < -0.4 is 10.5 Å². The second-order valence-electron chi connectivity index (χ2n) is 5.89. The zero-order chi connectivity index (χ0) is 18.5. The number of anilines is 1. The van der Waals surface area contributed by atoms with E-state index in [9.17, 15) is 14.4 Å². The number of hydrogen-bond donors (Lipinski definition) is 0. The first kappa shape index (κ1) is 15.6. The van der Waals surface area contributed by atoms with Gasteiger partial charge in [-0.25, -0.2) is 4.90 Å². The van der Waals surface area contributed by atoms with Crippen LogP contribution in [0, 0.1) is 0 Å². The van der Waals surface area contributed by atoms with Gasteiger partial charge in [-0.05, 0) is 12.1 Å². The number of benzene rings is 2. The molecule has 7 nitrogen and oxygen atoms in total. The lowest BCUT2D eigenvalue weighted by molar-refractivity contribution is 0.0924. The highest BCUT2D eigenvalue weighted by Crippen LogP contribution is 2.33. The molecule has 27 heavy (non-hydrogen) atoms. The minimum atomic E-state index is -0.499. The summed E-state index contributed by atoms with van der Waals surface area (Å²) in [7, 11) is 0. The Kier molecular flexibility index (Phi) is 3.28. The van der Waals surface area contributed by atoms with Gasteiger partial charge >= 0.3 is 5.56 Å². The Morgan fingerprint density at radius 3 is 2.19 bits per heavy atom. The standard InChI is InChI=1S/C19H10N4O3S/c24-16-13(11-7-3-1-4-8-11)21-23-14-15(27-19(23)20-16)18(26)22(17(14)25)12-9-5-2-6-10-12/h1-10H. The van der Waals surface area contributed by atoms with Crippen molar-refractivity contribution < 1.29 is 9.59 Å². The summed E-state index contributed by atoms with van der Waals surface area (Å²) in [5.74, 6) is -0.920. The Morgan fingerprint density at radius 2 is 1.48 bits per heavy atom. The van der Waals surface area contributed by atoms with Crippen LogP contribution in [-0.2, 0) is 0 Å². The van der Waals surface area contributed by atoms with E-state index in [1.54, 1.807) is 48.5 Å². The average molecular weight is 374 g/mol. The van der Waals surface area contributed by atoms with Crippen LogP contribution in [0.4, 0.5) is 5.69 Å². The highest BCUT2D eigenvalue weighted by atomic mass is 32.1. The normalized spacial score (nSPS) is 13.4. The molecule has 0 saturated heterocycles. The number of hydrogen-bond acceptors (Lipinski definition) is 6. The molecule has 0 saturated carbocycles. The number of carbonyl (C=O) groups excluding carboxylic acids is 2. The van der Waals surface area contributed by atoms with E-state index in [0.717, 1.165) is 16.2 Å². The van der Waals surface area contributed by atoms with Crippen LogP contribution in [0.15, 0.2) is 65.5 Å². The van der Waals surface area contributed by atoms with Gasteiger partial charge in [0.2, 0.25) is 4.96 Å². The first-order valence-corrected chi connectivity index (χ1v) is 8.90. The molecule has 8 heteroatoms. The molecule has 0 atom stereocenters. The summed E-state index contributed by atoms with van der Waals surface area (Å²) in [6.07, 6.45) is 0. The number of nitrogens with zero attached hydrogens (tertiary/aromatic N) is 4. The van der Waals surface area contributed by atoms with E-state index in [4.69, 9.17) is 0 Å². The van der Waals surface area contributed by atoms with Gasteiger partial charge < -0.3 is 0 Å². The number of thiazole rings is 1. The van der Waals surface area contributed by atoms with E-state index in [-0.39, 0.29) is 21.2 Å². The molecular weight excluding hydrogens is 364 g/mol. The predicted molar refractivity (Wildman–Crippen MR) is 100 cm³/mol. The van der Waals surface area contributed by atoms with E-state index < -0.39 is 17.4 Å². The van der Waals surface area contributed by atoms with Gasteiger partial charge in [0.1, 0.15) is 4.88 Å². The lowest BCUT2D eigenvalue weighted by Crippen LogP contribution is -2.30. The van der Waals surface area contributed by atoms with E-state index in [0.29, 0.717) is 11.3 Å². The van der Waals surface area contributed by atoms with E-state index in [1.807, 2.05) is 12.1 Å². The lowest BCUT2D eigenvalue weighted by Gasteiger charge is -2.13. The summed E-state index contributed by atoms with van der Waals surface area (Å²) in [4.78, 5) is 43.7. The van der Waals surface area contributed by atoms with Crippen molar-refractivity contribution in [1.82, 2.24) is 14.6 Å². The Labute approximate surface area is 156 Å². The van der Waals surface area contributed by atoms with E-state index in [1.165, 1.54) is 4.52 Å². The van der Waals surface area contributed by atoms with Crippen molar-refractivity contribution in [2.24, 2.45) is 0 Å². The molecule has 130 valence electrons. The molecule has 5 rings (SSSR count). The second kappa shape index (κ2) is 5.68. The number of carbonyl (C=O) groups is 2. The summed E-state index contributed by atoms with van der Waals surface area (Å²) in [5.41, 5.74) is 0.851. The van der Waals surface area contributed by atoms with Crippen LogP contribution in [0.25, 0.3) is 16.2 Å². The second-order valence-corrected chi connectivity index (χ2v) is 6.86. The minimum Gasteiger partial charge on any atom is -0.267 e. The molecule has 0 aliphatic carbocycles. The molecule has 4 aromatic rings. The third-order valence-corrected chi connectivity index (χ3v) is 5.28. The SMILES string of the molecule is O=C1c2sc3nc(=O)c(-c4ccccc4)nn3c2C(=O)N1c1ccccc1. The van der Waals surface area contributed by atoms with Crippen molar-refractivity contribution in [2.45, 2.75) is 0 Å². The van der Waals surface area contributed by atoms with Crippen LogP contribution in [-0.4, -0.2) is 26.4 Å². The van der Waals surface area contributed by atoms with Crippen molar-refractivity contribution in [1.29, 1.82) is 0 Å². The molecule has 1 aliphatic rings. The number of rotatable bonds is 2. The van der Waals surface area contributed by atoms with Gasteiger partial charge in [-0.1, -0.05) is 59.9 Å². The van der Waals surface area contributed by atoms with Crippen molar-refractivity contribution >= 4 is 33.8 Å². The molecule has 2 aromatic carbocycles. The summed E-state index contributed by atoms with van der Waals surface area (Å²) in [5, 5.41) is 4.34. The average Bonchev–Trinajstić information content (AvgIpc) is 3.17. The molecule has 0 unspecified atom stereocenters. The van der Waals surface area contributed by atoms with Crippen LogP contribution in [0.5, 0.6) is 0 Å². The number of imide groups is 1. The Bertz CT molecular complexity index is 1280. The zero-order valence-electron chi connectivity index (χ0n) is 13.7. The summed E-state index contributed by atoms with van der Waals surface area (Å²) >= 11 is 0.992. The molecule has 2 aromatic heterocycles. The maximum absolute atomic E-state index is 13.0. The molecule has 3 heterocycles. The molecule has 0 radical (unpaired) electrons. The van der Waals surface area contributed by atoms with Gasteiger partial charge in [-0.2, -0.15) is 14.6 Å². The third kappa shape index (κ3) is 2.24. The summed E-state index contributed by atoms with van der Waals surface area (Å²) in [6.45, 7) is 0. The molecule has 1 aliphatic heterocycles. The fourth-order valence-electron chi connectivity index (χ4n) is 3.04. The van der Waals surface area contributed by atoms with E-state index in [2.05, 4.69) is 10.1 Å². The van der Waals surface area contributed by atoms with Gasteiger partial charge in [0.15, 0.2) is 11.4 Å². The number of amides is 2. The number of fused-ring (bicyclic) bond motifs is 3. The van der Waals surface area contributed by atoms with Gasteiger partial charge in [0.05, 0.1) is 5.69 Å². The first-order chi connectivity index (χ1) is 13.1. The quantitative estimate of drug-likeness (QED) is 0.504. The van der Waals surface area contributed by atoms with Gasteiger partial charge in [-0.3, -0.25) is 14.4 Å². The van der Waals surface area contributed by atoms with Crippen LogP contribution in [0.1, 0.15) is 20.2 Å². The highest BCUT2D eigenvalue weighted by Gasteiger charge is 2.41. The largest absolute Gasteiger partial charge is 0.300 e. The number of aromatic nitrogens is 3. The predicted octanol–water partition coefficient (Wildman–Crippen LogP) is 2.62. The van der Waals surface area contributed by atoms with Crippen LogP contribution >= 0.6 is 11.3 Å². The molecular formula is C19H10N4O3S. The maximum Gasteiger partial charge on any atom is 0.300 e. The van der Waals surface area contributed by atoms with Crippen LogP contribution in [0.3, 0.4) is 0 Å². The van der Waals surface area contributed by atoms with E-state index >= 15 is 0 Å². The Balaban J connectivity index is 1.72. The Hall–Kier alpha value is -3.65. The topological polar surface area (TPSA) is 84.6 Å². The summed E-state index contributed by atoms with van der Waals surface area (Å²) in [6, 6.07) is 17.6. The third-order valence-electron chi connectivity index (χ3n) is 4.27. The van der Waals surface area contributed by atoms with Gasteiger partial charge in [0, 0.05) is 5.56 Å². The summed E-state index contributed by atoms with van der Waals surface area (Å²) < 4.78 is 1.30. The first-order valence-electron chi connectivity index (χ1n) is 8.08. The fourth-order valence-corrected chi connectivity index (χ4v) is 4.02. The molecule has 0 bridgehead atoms. The van der Waals surface area contributed by atoms with Crippen molar-refractivity contribution in [3.05, 3.63) is 81.6 Å². The van der Waals surface area contributed by atoms with Crippen molar-refractivity contribution in [3.63, 3.8) is 0 Å². The smallest absolute Gasteiger partial charge is 0.267 e. The van der Waals surface area contributed by atoms with Crippen LogP contribution in [0.2, 0.25) is 0 Å². The van der Waals surface area contributed by atoms with Crippen molar-refractivity contribution in [2.75, 3.05) is 4.90 Å². The molecule has 0 fully saturated rings. The zero-order valence-corrected chi connectivity index (χ0v) is 14.5. The lowest BCUT2D eigenvalue weighted by atomic mass is 10.2. The molecule has 0 spiro atoms. The maximum atomic E-state index is 13.0. The molecule has 0 N–H and O–H groups in total. The fraction of sp³-hybridized carbons (Fsp3) is 0. The Morgan fingerprint density at radius 1 is 0.815 bits per heavy atom. The molecule has 2 amide bonds. The van der Waals surface area contributed by atoms with Gasteiger partial charge in [-0.15, -0.1) is 0 Å². The minimum absolute atomic E-state index is 0.132. The van der Waals surface area contributed by atoms with Gasteiger partial charge in [0.25, 0.3) is 11.8 Å².